The molecule has 35 heavy (non-hydrogen) atoms. The van der Waals surface area contributed by atoms with Gasteiger partial charge < -0.3 is 14.3 Å². The minimum atomic E-state index is -0.540. The van der Waals surface area contributed by atoms with E-state index in [2.05, 4.69) is 77.8 Å². The van der Waals surface area contributed by atoms with Gasteiger partial charge in [-0.05, 0) is 116 Å². The molecule has 2 rings (SSSR count). The minimum absolute atomic E-state index is 0.179. The summed E-state index contributed by atoms with van der Waals surface area (Å²) in [6.45, 7) is 19.7. The monoisotopic (exact) mass is 481 g/mol. The molecule has 2 atom stereocenters. The van der Waals surface area contributed by atoms with Gasteiger partial charge in [0, 0.05) is 6.04 Å². The molecule has 0 saturated carbocycles. The lowest BCUT2D eigenvalue weighted by Gasteiger charge is -2.35. The molecule has 0 aliphatic rings. The maximum Gasteiger partial charge on any atom is 0.130 e. The molecular weight excluding hydrogens is 434 g/mol. The lowest BCUT2D eigenvalue weighted by molar-refractivity contribution is -0.114. The summed E-state index contributed by atoms with van der Waals surface area (Å²) in [6, 6.07) is 16.7. The van der Waals surface area contributed by atoms with Crippen LogP contribution < -0.4 is 9.47 Å². The number of nitrogens with zero attached hydrogens (tertiary/aromatic N) is 1. The molecule has 0 spiro atoms. The molecule has 0 saturated heterocycles. The van der Waals surface area contributed by atoms with E-state index in [1.54, 1.807) is 0 Å². The average Bonchev–Trinajstić information content (AvgIpc) is 2.74. The maximum absolute atomic E-state index is 12.6. The van der Waals surface area contributed by atoms with E-state index in [1.165, 1.54) is 5.56 Å². The first-order chi connectivity index (χ1) is 16.2. The van der Waals surface area contributed by atoms with Gasteiger partial charge in [-0.3, -0.25) is 4.90 Å². The number of hydrogen-bond acceptors (Lipinski definition) is 4. The van der Waals surface area contributed by atoms with Gasteiger partial charge in [-0.2, -0.15) is 0 Å². The van der Waals surface area contributed by atoms with Crippen LogP contribution in [0.15, 0.2) is 48.5 Å². The van der Waals surface area contributed by atoms with Crippen molar-refractivity contribution in [3.05, 3.63) is 59.7 Å². The van der Waals surface area contributed by atoms with Crippen LogP contribution in [-0.4, -0.2) is 36.0 Å². The third-order valence-corrected chi connectivity index (χ3v) is 6.56. The second-order valence-corrected chi connectivity index (χ2v) is 12.1. The molecule has 4 heteroatoms. The van der Waals surface area contributed by atoms with E-state index in [9.17, 15) is 4.79 Å². The van der Waals surface area contributed by atoms with E-state index in [4.69, 9.17) is 9.47 Å². The standard InChI is InChI=1S/C31H47NO3/c1-23(2)31(22-33,26-15-12-17-28(21-26)35-30(7,8)9)18-13-19-32(10)24(3)25-14-11-16-27(20-25)34-29(4,5)6/h11-12,14-17,20-24H,13,18-19H2,1-10H3. The van der Waals surface area contributed by atoms with Crippen LogP contribution in [-0.2, 0) is 10.2 Å². The molecule has 0 radical (unpaired) electrons. The largest absolute Gasteiger partial charge is 0.488 e. The second-order valence-electron chi connectivity index (χ2n) is 12.1. The van der Waals surface area contributed by atoms with E-state index in [0.717, 1.165) is 42.7 Å². The van der Waals surface area contributed by atoms with Gasteiger partial charge in [0.25, 0.3) is 0 Å². The third-order valence-electron chi connectivity index (χ3n) is 6.56. The minimum Gasteiger partial charge on any atom is -0.488 e. The van der Waals surface area contributed by atoms with E-state index in [-0.39, 0.29) is 23.2 Å². The van der Waals surface area contributed by atoms with Gasteiger partial charge in [-0.25, -0.2) is 0 Å². The number of carbonyl (C=O) groups excluding carboxylic acids is 1. The molecule has 0 N–H and O–H groups in total. The van der Waals surface area contributed by atoms with E-state index in [1.807, 2.05) is 45.0 Å². The number of hydrogen-bond donors (Lipinski definition) is 0. The van der Waals surface area contributed by atoms with Gasteiger partial charge in [0.1, 0.15) is 29.0 Å². The van der Waals surface area contributed by atoms with Crippen molar-refractivity contribution < 1.29 is 14.3 Å². The quantitative estimate of drug-likeness (QED) is 0.310. The molecule has 0 heterocycles. The van der Waals surface area contributed by atoms with Gasteiger partial charge in [0.05, 0.1) is 5.41 Å². The van der Waals surface area contributed by atoms with Gasteiger partial charge in [0.2, 0.25) is 0 Å². The zero-order valence-electron chi connectivity index (χ0n) is 23.6. The number of carbonyl (C=O) groups is 1. The second kappa shape index (κ2) is 11.6. The fourth-order valence-corrected chi connectivity index (χ4v) is 4.49. The van der Waals surface area contributed by atoms with Crippen LogP contribution in [0, 0.1) is 5.92 Å². The Labute approximate surface area is 214 Å². The summed E-state index contributed by atoms with van der Waals surface area (Å²) in [4.78, 5) is 14.9. The van der Waals surface area contributed by atoms with E-state index in [0.29, 0.717) is 0 Å². The van der Waals surface area contributed by atoms with Crippen LogP contribution in [0.25, 0.3) is 0 Å². The smallest absolute Gasteiger partial charge is 0.130 e. The fourth-order valence-electron chi connectivity index (χ4n) is 4.49. The molecule has 0 aliphatic heterocycles. The Balaban J connectivity index is 2.13. The Morgan fingerprint density at radius 2 is 1.40 bits per heavy atom. The normalized spacial score (nSPS) is 15.1. The molecule has 0 fully saturated rings. The molecule has 0 bridgehead atoms. The summed E-state index contributed by atoms with van der Waals surface area (Å²) in [5.41, 5.74) is 1.22. The summed E-state index contributed by atoms with van der Waals surface area (Å²) in [5.74, 6) is 1.89. The SMILES string of the molecule is CC(c1cccc(OC(C)(C)C)c1)N(C)CCCC(C=O)(c1cccc(OC(C)(C)C)c1)C(C)C. The van der Waals surface area contributed by atoms with Crippen LogP contribution in [0.4, 0.5) is 0 Å². The fraction of sp³-hybridized carbons (Fsp3) is 0.581. The zero-order chi connectivity index (χ0) is 26.4. The van der Waals surface area contributed by atoms with Crippen molar-refractivity contribution in [2.45, 2.75) is 97.8 Å². The molecule has 4 nitrogen and oxygen atoms in total. The first-order valence-electron chi connectivity index (χ1n) is 12.9. The molecule has 2 aromatic rings. The molecule has 0 aliphatic carbocycles. The van der Waals surface area contributed by atoms with Crippen molar-refractivity contribution in [1.82, 2.24) is 4.90 Å². The Kier molecular flexibility index (Phi) is 9.58. The molecule has 2 unspecified atom stereocenters. The highest BCUT2D eigenvalue weighted by Crippen LogP contribution is 2.37. The Bertz CT molecular complexity index is 954. The topological polar surface area (TPSA) is 38.8 Å². The van der Waals surface area contributed by atoms with Crippen molar-refractivity contribution in [3.8, 4) is 11.5 Å². The lowest BCUT2D eigenvalue weighted by Crippen LogP contribution is -2.36. The zero-order valence-corrected chi connectivity index (χ0v) is 23.6. The number of benzene rings is 2. The third kappa shape index (κ3) is 8.38. The van der Waals surface area contributed by atoms with E-state index >= 15 is 0 Å². The van der Waals surface area contributed by atoms with Crippen LogP contribution >= 0.6 is 0 Å². The van der Waals surface area contributed by atoms with Crippen LogP contribution in [0.3, 0.4) is 0 Å². The van der Waals surface area contributed by atoms with Gasteiger partial charge in [-0.15, -0.1) is 0 Å². The Morgan fingerprint density at radius 3 is 1.91 bits per heavy atom. The summed E-state index contributed by atoms with van der Waals surface area (Å²) in [6.07, 6.45) is 2.86. The predicted octanol–water partition coefficient (Wildman–Crippen LogP) is 7.61. The molecule has 2 aromatic carbocycles. The maximum atomic E-state index is 12.6. The van der Waals surface area contributed by atoms with Crippen molar-refractivity contribution >= 4 is 6.29 Å². The summed E-state index contributed by atoms with van der Waals surface area (Å²) < 4.78 is 12.2. The van der Waals surface area contributed by atoms with Crippen molar-refractivity contribution in [2.24, 2.45) is 5.92 Å². The highest BCUT2D eigenvalue weighted by atomic mass is 16.5. The molecule has 0 amide bonds. The van der Waals surface area contributed by atoms with Gasteiger partial charge in [0.15, 0.2) is 0 Å². The predicted molar refractivity (Wildman–Crippen MR) is 147 cm³/mol. The number of rotatable bonds is 11. The summed E-state index contributed by atoms with van der Waals surface area (Å²) in [5, 5.41) is 0. The highest BCUT2D eigenvalue weighted by Gasteiger charge is 2.35. The lowest BCUT2D eigenvalue weighted by atomic mass is 9.69. The van der Waals surface area contributed by atoms with Crippen LogP contribution in [0.5, 0.6) is 11.5 Å². The first kappa shape index (κ1) is 28.9. The highest BCUT2D eigenvalue weighted by molar-refractivity contribution is 5.69. The first-order valence-corrected chi connectivity index (χ1v) is 12.9. The Hall–Kier alpha value is -2.33. The number of aldehydes is 1. The van der Waals surface area contributed by atoms with E-state index < -0.39 is 5.41 Å². The summed E-state index contributed by atoms with van der Waals surface area (Å²) in [7, 11) is 2.15. The van der Waals surface area contributed by atoms with Crippen LogP contribution in [0.1, 0.15) is 92.3 Å². The average molecular weight is 482 g/mol. The van der Waals surface area contributed by atoms with Crippen LogP contribution in [0.2, 0.25) is 0 Å². The molecule has 0 aromatic heterocycles. The van der Waals surface area contributed by atoms with Crippen molar-refractivity contribution in [2.75, 3.05) is 13.6 Å². The van der Waals surface area contributed by atoms with Gasteiger partial charge >= 0.3 is 0 Å². The van der Waals surface area contributed by atoms with Crippen molar-refractivity contribution in [1.29, 1.82) is 0 Å². The van der Waals surface area contributed by atoms with Gasteiger partial charge in [-0.1, -0.05) is 38.1 Å². The molecular formula is C31H47NO3. The molecule has 194 valence electrons. The van der Waals surface area contributed by atoms with Crippen molar-refractivity contribution in [3.63, 3.8) is 0 Å². The number of ether oxygens (including phenoxy) is 2. The summed E-state index contributed by atoms with van der Waals surface area (Å²) >= 11 is 0. The Morgan fingerprint density at radius 1 is 0.857 bits per heavy atom.